The summed E-state index contributed by atoms with van der Waals surface area (Å²) in [6.07, 6.45) is 0. The molecule has 0 aliphatic carbocycles. The number of nitrogens with zero attached hydrogens (tertiary/aromatic N) is 1. The van der Waals surface area contributed by atoms with Crippen molar-refractivity contribution in [2.45, 2.75) is 19.4 Å². The predicted octanol–water partition coefficient (Wildman–Crippen LogP) is 2.41. The monoisotopic (exact) mass is 694 g/mol. The molecule has 39 heavy (non-hydrogen) atoms. The minimum absolute atomic E-state index is 0.151. The molecule has 1 heterocycles. The molecular formula is C25H22F3IN2O6S2. The largest absolute Gasteiger partial charge is 0.741 e. The van der Waals surface area contributed by atoms with Crippen molar-refractivity contribution >= 4 is 42.7 Å². The lowest BCUT2D eigenvalue weighted by atomic mass is 10.2. The first-order valence-electron chi connectivity index (χ1n) is 11.1. The summed E-state index contributed by atoms with van der Waals surface area (Å²) in [5.41, 5.74) is -2.93. The lowest BCUT2D eigenvalue weighted by Crippen LogP contribution is -3.61. The van der Waals surface area contributed by atoms with E-state index < -0.39 is 15.6 Å². The summed E-state index contributed by atoms with van der Waals surface area (Å²) in [6.45, 7) is 4.83. The quantitative estimate of drug-likeness (QED) is 0.0991. The molecule has 0 aliphatic heterocycles. The number of aromatic nitrogens is 1. The Morgan fingerprint density at radius 3 is 2.41 bits per heavy atom. The molecule has 0 unspecified atom stereocenters. The number of thiazole rings is 1. The number of halogens is 4. The third kappa shape index (κ3) is 9.42. The van der Waals surface area contributed by atoms with Gasteiger partial charge >= 0.3 is 26.7 Å². The summed E-state index contributed by atoms with van der Waals surface area (Å²) in [6, 6.07) is 22.1. The van der Waals surface area contributed by atoms with Crippen molar-refractivity contribution in [1.29, 1.82) is 0 Å². The van der Waals surface area contributed by atoms with E-state index in [1.165, 1.54) is 24.0 Å². The highest BCUT2D eigenvalue weighted by Crippen LogP contribution is 2.29. The lowest BCUT2D eigenvalue weighted by Gasteiger charge is -2.08. The van der Waals surface area contributed by atoms with Crippen LogP contribution in [0.3, 0.4) is 0 Å². The van der Waals surface area contributed by atoms with Crippen LogP contribution >= 0.6 is 11.3 Å². The second-order valence-corrected chi connectivity index (χ2v) is 13.1. The van der Waals surface area contributed by atoms with Crippen LogP contribution in [-0.2, 0) is 14.9 Å². The third-order valence-electron chi connectivity index (χ3n) is 4.69. The van der Waals surface area contributed by atoms with Gasteiger partial charge in [-0.2, -0.15) is 13.2 Å². The van der Waals surface area contributed by atoms with E-state index in [1.807, 2.05) is 43.3 Å². The van der Waals surface area contributed by atoms with E-state index in [9.17, 15) is 18.0 Å². The molecule has 0 bridgehead atoms. The van der Waals surface area contributed by atoms with E-state index in [2.05, 4.69) is 47.6 Å². The number of hydrogen-bond donors (Lipinski definition) is 1. The summed E-state index contributed by atoms with van der Waals surface area (Å²) in [5, 5.41) is 3.50. The molecule has 1 amide bonds. The van der Waals surface area contributed by atoms with Crippen LogP contribution in [0, 0.1) is 14.1 Å². The van der Waals surface area contributed by atoms with Crippen LogP contribution < -0.4 is 31.3 Å². The van der Waals surface area contributed by atoms with Crippen molar-refractivity contribution in [3.63, 3.8) is 0 Å². The Kier molecular flexibility index (Phi) is 10.7. The Labute approximate surface area is 237 Å². The lowest BCUT2D eigenvalue weighted by molar-refractivity contribution is -0.597. The fourth-order valence-electron chi connectivity index (χ4n) is 2.82. The standard InChI is InChI=1S/C24H21IN2O3S.CHF3O3S/c1-3-29-15-30-20-11-12-21-22(14-20)31-24(26-21)27-23(28)17-5-4-6-19(13-17)25-18-9-7-16(2)8-10-18;2-1(3,4)8(5,6)7/h4-14H,3,15H2,1-2H3;(H,5,6,7). The number of fused-ring (bicyclic) bond motifs is 1. The minimum Gasteiger partial charge on any atom is -0.741 e. The summed E-state index contributed by atoms with van der Waals surface area (Å²) in [4.78, 5) is 17.3. The summed E-state index contributed by atoms with van der Waals surface area (Å²) in [5.74, 6) is 0.567. The Morgan fingerprint density at radius 2 is 1.77 bits per heavy atom. The zero-order valence-corrected chi connectivity index (χ0v) is 24.3. The van der Waals surface area contributed by atoms with Crippen LogP contribution in [-0.4, -0.2) is 42.8 Å². The van der Waals surface area contributed by atoms with Crippen molar-refractivity contribution in [2.24, 2.45) is 0 Å². The number of amides is 1. The first kappa shape index (κ1) is 30.7. The number of nitrogens with one attached hydrogen (secondary N) is 1. The van der Waals surface area contributed by atoms with Gasteiger partial charge < -0.3 is 14.0 Å². The van der Waals surface area contributed by atoms with Crippen LogP contribution in [0.4, 0.5) is 18.3 Å². The number of aryl methyl sites for hydroxylation is 1. The maximum atomic E-state index is 12.8. The van der Waals surface area contributed by atoms with Gasteiger partial charge in [-0.3, -0.25) is 10.1 Å². The van der Waals surface area contributed by atoms with E-state index in [0.29, 0.717) is 17.3 Å². The molecule has 1 aromatic heterocycles. The van der Waals surface area contributed by atoms with Crippen molar-refractivity contribution in [2.75, 3.05) is 18.7 Å². The molecule has 3 aromatic carbocycles. The zero-order valence-electron chi connectivity index (χ0n) is 20.5. The van der Waals surface area contributed by atoms with Crippen molar-refractivity contribution < 1.29 is 61.6 Å². The smallest absolute Gasteiger partial charge is 0.485 e. The number of rotatable bonds is 8. The molecule has 0 aliphatic rings. The van der Waals surface area contributed by atoms with Crippen molar-refractivity contribution in [3.05, 3.63) is 85.0 Å². The Balaban J connectivity index is 0.000000459. The first-order valence-corrected chi connectivity index (χ1v) is 15.5. The molecule has 208 valence electrons. The van der Waals surface area contributed by atoms with E-state index in [1.54, 1.807) is 0 Å². The highest BCUT2D eigenvalue weighted by atomic mass is 127. The maximum Gasteiger partial charge on any atom is 0.485 e. The molecule has 4 rings (SSSR count). The SMILES string of the molecule is CCOCOc1ccc2nc(NC(=O)c3cccc([I+]c4ccc(C)cc4)c3)sc2c1.O=S(=O)([O-])C(F)(F)F. The van der Waals surface area contributed by atoms with Gasteiger partial charge in [0, 0.05) is 18.2 Å². The van der Waals surface area contributed by atoms with Gasteiger partial charge in [-0.05, 0) is 56.3 Å². The average Bonchev–Trinajstić information content (AvgIpc) is 3.26. The predicted molar refractivity (Wildman–Crippen MR) is 135 cm³/mol. The number of carbonyl (C=O) groups is 1. The van der Waals surface area contributed by atoms with Crippen LogP contribution in [0.1, 0.15) is 22.8 Å². The van der Waals surface area contributed by atoms with Gasteiger partial charge in [-0.25, -0.2) is 13.4 Å². The highest BCUT2D eigenvalue weighted by Gasteiger charge is 2.36. The molecule has 14 heteroatoms. The van der Waals surface area contributed by atoms with E-state index in [4.69, 9.17) is 22.4 Å². The normalized spacial score (nSPS) is 11.5. The minimum atomic E-state index is -6.09. The fraction of sp³-hybridized carbons (Fsp3) is 0.200. The number of hydrogen-bond acceptors (Lipinski definition) is 8. The van der Waals surface area contributed by atoms with Crippen molar-refractivity contribution in [1.82, 2.24) is 4.98 Å². The summed E-state index contributed by atoms with van der Waals surface area (Å²) in [7, 11) is -6.09. The molecule has 8 nitrogen and oxygen atoms in total. The number of benzene rings is 3. The second kappa shape index (κ2) is 13.5. The number of anilines is 1. The molecular weight excluding hydrogens is 672 g/mol. The molecule has 1 N–H and O–H groups in total. The van der Waals surface area contributed by atoms with Gasteiger partial charge in [0.25, 0.3) is 5.91 Å². The molecule has 0 spiro atoms. The van der Waals surface area contributed by atoms with Crippen molar-refractivity contribution in [3.8, 4) is 5.75 Å². The van der Waals surface area contributed by atoms with Crippen LogP contribution in [0.2, 0.25) is 0 Å². The maximum absolute atomic E-state index is 12.8. The molecule has 0 atom stereocenters. The summed E-state index contributed by atoms with van der Waals surface area (Å²) >= 11 is 1.09. The van der Waals surface area contributed by atoms with E-state index in [-0.39, 0.29) is 33.9 Å². The van der Waals surface area contributed by atoms with E-state index in [0.717, 1.165) is 16.0 Å². The molecule has 0 saturated heterocycles. The Hall–Kier alpha value is -2.79. The van der Waals surface area contributed by atoms with Gasteiger partial charge in [0.1, 0.15) is 5.75 Å². The van der Waals surface area contributed by atoms with Gasteiger partial charge in [0.05, 0.1) is 10.2 Å². The first-order chi connectivity index (χ1) is 18.4. The van der Waals surface area contributed by atoms with Crippen LogP contribution in [0.5, 0.6) is 5.75 Å². The van der Waals surface area contributed by atoms with E-state index >= 15 is 0 Å². The number of carbonyl (C=O) groups excluding carboxylic acids is 1. The topological polar surface area (TPSA) is 118 Å². The highest BCUT2D eigenvalue weighted by molar-refractivity contribution is 7.86. The number of ether oxygens (including phenoxy) is 2. The Morgan fingerprint density at radius 1 is 1.08 bits per heavy atom. The van der Waals surface area contributed by atoms with Gasteiger partial charge in [-0.15, -0.1) is 0 Å². The van der Waals surface area contributed by atoms with Gasteiger partial charge in [-0.1, -0.05) is 35.1 Å². The zero-order chi connectivity index (χ0) is 28.6. The third-order valence-corrected chi connectivity index (χ3v) is 8.83. The molecule has 0 saturated carbocycles. The van der Waals surface area contributed by atoms with Gasteiger partial charge in [0.15, 0.2) is 29.2 Å². The fourth-order valence-corrected chi connectivity index (χ4v) is 6.03. The Bertz CT molecular complexity index is 1530. The molecule has 0 fully saturated rings. The van der Waals surface area contributed by atoms with Crippen LogP contribution in [0.25, 0.3) is 10.2 Å². The summed E-state index contributed by atoms with van der Waals surface area (Å²) < 4.78 is 73.2. The van der Waals surface area contributed by atoms with Gasteiger partial charge in [0.2, 0.25) is 0 Å². The second-order valence-electron chi connectivity index (χ2n) is 7.66. The average molecular weight is 694 g/mol. The molecule has 0 radical (unpaired) electrons. The van der Waals surface area contributed by atoms with Crippen LogP contribution in [0.15, 0.2) is 66.7 Å². The number of alkyl halides is 3. The molecule has 4 aromatic rings.